The topological polar surface area (TPSA) is 64.0 Å². The van der Waals surface area contributed by atoms with Crippen molar-refractivity contribution in [1.82, 2.24) is 9.80 Å². The molecule has 2 aliphatic rings. The number of carboxylic acids is 1. The molecule has 0 radical (unpaired) electrons. The molecule has 2 fully saturated rings. The van der Waals surface area contributed by atoms with E-state index in [4.69, 9.17) is 5.11 Å². The van der Waals surface area contributed by atoms with Gasteiger partial charge in [0.25, 0.3) is 0 Å². The number of carboxylic acid groups (broad SMARTS) is 1. The van der Waals surface area contributed by atoms with Crippen LogP contribution in [0.2, 0.25) is 0 Å². The highest BCUT2D eigenvalue weighted by molar-refractivity contribution is 5.73. The van der Waals surface area contributed by atoms with E-state index in [-0.39, 0.29) is 12.1 Å². The van der Waals surface area contributed by atoms with Crippen LogP contribution in [0.1, 0.15) is 32.6 Å². The van der Waals surface area contributed by atoms with Crippen molar-refractivity contribution >= 4 is 5.97 Å². The van der Waals surface area contributed by atoms with E-state index in [0.717, 1.165) is 45.4 Å². The van der Waals surface area contributed by atoms with E-state index < -0.39 is 5.97 Å². The minimum Gasteiger partial charge on any atom is -0.480 e. The smallest absolute Gasteiger partial charge is 0.320 e. The molecule has 1 saturated carbocycles. The molecule has 1 aliphatic carbocycles. The number of carbonyl (C=O) groups is 1. The normalized spacial score (nSPS) is 32.6. The van der Waals surface area contributed by atoms with Gasteiger partial charge in [0, 0.05) is 32.2 Å². The number of aliphatic hydroxyl groups excluding tert-OH is 1. The van der Waals surface area contributed by atoms with Crippen LogP contribution in [0.5, 0.6) is 0 Å². The summed E-state index contributed by atoms with van der Waals surface area (Å²) in [5.41, 5.74) is 0. The molecule has 0 spiro atoms. The molecule has 2 N–H and O–H groups in total. The fourth-order valence-corrected chi connectivity index (χ4v) is 3.32. The highest BCUT2D eigenvalue weighted by Gasteiger charge is 2.34. The van der Waals surface area contributed by atoms with Gasteiger partial charge in [-0.15, -0.1) is 0 Å². The van der Waals surface area contributed by atoms with Gasteiger partial charge in [0.1, 0.15) is 6.04 Å². The Balaban J connectivity index is 1.85. The van der Waals surface area contributed by atoms with Crippen molar-refractivity contribution in [3.05, 3.63) is 0 Å². The molecular weight excluding hydrogens is 232 g/mol. The molecule has 1 heterocycles. The van der Waals surface area contributed by atoms with Crippen LogP contribution in [0.25, 0.3) is 0 Å². The Morgan fingerprint density at radius 1 is 1.28 bits per heavy atom. The maximum Gasteiger partial charge on any atom is 0.320 e. The van der Waals surface area contributed by atoms with E-state index in [1.165, 1.54) is 0 Å². The van der Waals surface area contributed by atoms with E-state index in [1.807, 2.05) is 6.92 Å². The van der Waals surface area contributed by atoms with Crippen molar-refractivity contribution in [1.29, 1.82) is 0 Å². The Bertz CT molecular complexity index is 290. The lowest BCUT2D eigenvalue weighted by Crippen LogP contribution is -2.56. The van der Waals surface area contributed by atoms with Gasteiger partial charge < -0.3 is 10.2 Å². The predicted octanol–water partition coefficient (Wildman–Crippen LogP) is 0.381. The standard InChI is InChI=1S/C13H24N2O3/c1-2-10(13(17)18)14-6-8-15(9-7-14)11-4-3-5-12(11)16/h10-12,16H,2-9H2,1H3,(H,17,18). The van der Waals surface area contributed by atoms with Crippen LogP contribution < -0.4 is 0 Å². The second-order valence-electron chi connectivity index (χ2n) is 5.40. The first-order valence-electron chi connectivity index (χ1n) is 7.02. The largest absolute Gasteiger partial charge is 0.480 e. The van der Waals surface area contributed by atoms with Crippen molar-refractivity contribution in [2.24, 2.45) is 0 Å². The molecule has 3 atom stereocenters. The third-order valence-corrected chi connectivity index (χ3v) is 4.37. The Morgan fingerprint density at radius 2 is 1.94 bits per heavy atom. The van der Waals surface area contributed by atoms with Crippen molar-refractivity contribution in [2.45, 2.75) is 50.8 Å². The lowest BCUT2D eigenvalue weighted by molar-refractivity contribution is -0.144. The summed E-state index contributed by atoms with van der Waals surface area (Å²) in [4.78, 5) is 15.5. The Morgan fingerprint density at radius 3 is 2.39 bits per heavy atom. The summed E-state index contributed by atoms with van der Waals surface area (Å²) in [6.45, 7) is 5.28. The van der Waals surface area contributed by atoms with Gasteiger partial charge in [0.15, 0.2) is 0 Å². The number of hydrogen-bond donors (Lipinski definition) is 2. The molecule has 18 heavy (non-hydrogen) atoms. The number of piperazine rings is 1. The van der Waals surface area contributed by atoms with E-state index in [2.05, 4.69) is 9.80 Å². The lowest BCUT2D eigenvalue weighted by atomic mass is 10.1. The third-order valence-electron chi connectivity index (χ3n) is 4.37. The number of rotatable bonds is 4. The molecular formula is C13H24N2O3. The Labute approximate surface area is 108 Å². The first-order chi connectivity index (χ1) is 8.63. The summed E-state index contributed by atoms with van der Waals surface area (Å²) in [6, 6.07) is -0.0438. The van der Waals surface area contributed by atoms with Crippen LogP contribution in [0.4, 0.5) is 0 Å². The molecule has 0 bridgehead atoms. The lowest BCUT2D eigenvalue weighted by Gasteiger charge is -2.40. The van der Waals surface area contributed by atoms with Gasteiger partial charge in [-0.2, -0.15) is 0 Å². The highest BCUT2D eigenvalue weighted by Crippen LogP contribution is 2.25. The molecule has 0 amide bonds. The highest BCUT2D eigenvalue weighted by atomic mass is 16.4. The number of hydrogen-bond acceptors (Lipinski definition) is 4. The molecule has 0 aromatic carbocycles. The summed E-state index contributed by atoms with van der Waals surface area (Å²) in [6.07, 6.45) is 3.58. The molecule has 5 heteroatoms. The second-order valence-corrected chi connectivity index (χ2v) is 5.40. The average molecular weight is 256 g/mol. The molecule has 2 rings (SSSR count). The summed E-state index contributed by atoms with van der Waals surface area (Å²) >= 11 is 0. The zero-order chi connectivity index (χ0) is 13.1. The molecule has 0 aromatic rings. The van der Waals surface area contributed by atoms with E-state index in [9.17, 15) is 9.90 Å². The third kappa shape index (κ3) is 2.84. The number of aliphatic hydroxyl groups is 1. The van der Waals surface area contributed by atoms with Gasteiger partial charge >= 0.3 is 5.97 Å². The molecule has 104 valence electrons. The van der Waals surface area contributed by atoms with Crippen molar-refractivity contribution in [3.63, 3.8) is 0 Å². The Kier molecular flexibility index (Phi) is 4.59. The fourth-order valence-electron chi connectivity index (χ4n) is 3.32. The summed E-state index contributed by atoms with van der Waals surface area (Å²) in [5, 5.41) is 19.1. The van der Waals surface area contributed by atoms with Crippen molar-refractivity contribution in [3.8, 4) is 0 Å². The number of nitrogens with zero attached hydrogens (tertiary/aromatic N) is 2. The summed E-state index contributed by atoms with van der Waals surface area (Å²) < 4.78 is 0. The van der Waals surface area contributed by atoms with E-state index in [0.29, 0.717) is 12.5 Å². The summed E-state index contributed by atoms with van der Waals surface area (Å²) in [5.74, 6) is -0.716. The maximum absolute atomic E-state index is 11.1. The SMILES string of the molecule is CCC(C(=O)O)N1CCN(C2CCCC2O)CC1. The van der Waals surface area contributed by atoms with Gasteiger partial charge in [-0.1, -0.05) is 6.92 Å². The first-order valence-corrected chi connectivity index (χ1v) is 7.02. The molecule has 5 nitrogen and oxygen atoms in total. The van der Waals surface area contributed by atoms with E-state index in [1.54, 1.807) is 0 Å². The number of aliphatic carboxylic acids is 1. The molecule has 0 aromatic heterocycles. The van der Waals surface area contributed by atoms with Crippen LogP contribution >= 0.6 is 0 Å². The van der Waals surface area contributed by atoms with Crippen LogP contribution in [0, 0.1) is 0 Å². The van der Waals surface area contributed by atoms with Crippen molar-refractivity contribution < 1.29 is 15.0 Å². The molecule has 1 saturated heterocycles. The van der Waals surface area contributed by atoms with Gasteiger partial charge in [-0.3, -0.25) is 14.6 Å². The zero-order valence-electron chi connectivity index (χ0n) is 11.1. The van der Waals surface area contributed by atoms with Crippen LogP contribution in [-0.4, -0.2) is 70.3 Å². The second kappa shape index (κ2) is 5.99. The van der Waals surface area contributed by atoms with Gasteiger partial charge in [-0.05, 0) is 25.7 Å². The van der Waals surface area contributed by atoms with Crippen LogP contribution in [0.15, 0.2) is 0 Å². The molecule has 1 aliphatic heterocycles. The van der Waals surface area contributed by atoms with Crippen LogP contribution in [0.3, 0.4) is 0 Å². The molecule has 3 unspecified atom stereocenters. The first kappa shape index (κ1) is 13.8. The average Bonchev–Trinajstić information content (AvgIpc) is 2.77. The monoisotopic (exact) mass is 256 g/mol. The Hall–Kier alpha value is -0.650. The quantitative estimate of drug-likeness (QED) is 0.761. The van der Waals surface area contributed by atoms with Gasteiger partial charge in [0.2, 0.25) is 0 Å². The zero-order valence-corrected chi connectivity index (χ0v) is 11.1. The summed E-state index contributed by atoms with van der Waals surface area (Å²) in [7, 11) is 0. The maximum atomic E-state index is 11.1. The van der Waals surface area contributed by atoms with Gasteiger partial charge in [0.05, 0.1) is 6.10 Å². The van der Waals surface area contributed by atoms with Gasteiger partial charge in [-0.25, -0.2) is 0 Å². The minimum atomic E-state index is -0.716. The fraction of sp³-hybridized carbons (Fsp3) is 0.923. The van der Waals surface area contributed by atoms with Crippen LogP contribution in [-0.2, 0) is 4.79 Å². The van der Waals surface area contributed by atoms with E-state index >= 15 is 0 Å². The predicted molar refractivity (Wildman–Crippen MR) is 68.5 cm³/mol. The van der Waals surface area contributed by atoms with Crippen molar-refractivity contribution in [2.75, 3.05) is 26.2 Å². The minimum absolute atomic E-state index is 0.182.